The van der Waals surface area contributed by atoms with Crippen LogP contribution in [0, 0.1) is 6.92 Å². The molecule has 0 heterocycles. The van der Waals surface area contributed by atoms with E-state index in [1.54, 1.807) is 44.6 Å². The molecule has 0 aromatic heterocycles. The van der Waals surface area contributed by atoms with E-state index in [0.29, 0.717) is 29.4 Å². The van der Waals surface area contributed by atoms with E-state index < -0.39 is 0 Å². The number of amides is 1. The minimum Gasteiger partial charge on any atom is -0.496 e. The Hall–Kier alpha value is -3.47. The largest absolute Gasteiger partial charge is 0.496 e. The van der Waals surface area contributed by atoms with E-state index >= 15 is 0 Å². The van der Waals surface area contributed by atoms with Crippen molar-refractivity contribution in [3.05, 3.63) is 83.4 Å². The highest BCUT2D eigenvalue weighted by Gasteiger charge is 2.13. The van der Waals surface area contributed by atoms with Crippen molar-refractivity contribution in [2.75, 3.05) is 19.5 Å². The number of ether oxygens (including phenoxy) is 3. The topological polar surface area (TPSA) is 56.8 Å². The first-order valence-corrected chi connectivity index (χ1v) is 8.91. The van der Waals surface area contributed by atoms with Crippen LogP contribution < -0.4 is 19.5 Å². The fraction of sp³-hybridized carbons (Fsp3) is 0.174. The van der Waals surface area contributed by atoms with Gasteiger partial charge in [-0.3, -0.25) is 4.79 Å². The van der Waals surface area contributed by atoms with Gasteiger partial charge in [-0.1, -0.05) is 29.8 Å². The SMILES string of the molecule is COc1ccc(C(=O)Nc2ccccc2OC)cc1COc1ccc(C)cc1. The Labute approximate surface area is 164 Å². The summed E-state index contributed by atoms with van der Waals surface area (Å²) in [4.78, 5) is 12.7. The van der Waals surface area contributed by atoms with Crippen molar-refractivity contribution in [2.24, 2.45) is 0 Å². The van der Waals surface area contributed by atoms with Crippen molar-refractivity contribution in [2.45, 2.75) is 13.5 Å². The van der Waals surface area contributed by atoms with Crippen LogP contribution in [0.15, 0.2) is 66.7 Å². The summed E-state index contributed by atoms with van der Waals surface area (Å²) < 4.78 is 16.5. The molecule has 1 amide bonds. The summed E-state index contributed by atoms with van der Waals surface area (Å²) >= 11 is 0. The zero-order valence-corrected chi connectivity index (χ0v) is 16.2. The average Bonchev–Trinajstić information content (AvgIpc) is 2.73. The lowest BCUT2D eigenvalue weighted by atomic mass is 10.1. The molecule has 0 radical (unpaired) electrons. The Kier molecular flexibility index (Phi) is 6.17. The van der Waals surface area contributed by atoms with Gasteiger partial charge in [-0.05, 0) is 49.4 Å². The predicted molar refractivity (Wildman–Crippen MR) is 109 cm³/mol. The first-order chi connectivity index (χ1) is 13.6. The highest BCUT2D eigenvalue weighted by Crippen LogP contribution is 2.26. The van der Waals surface area contributed by atoms with E-state index in [0.717, 1.165) is 11.3 Å². The zero-order chi connectivity index (χ0) is 19.9. The number of benzene rings is 3. The van der Waals surface area contributed by atoms with Crippen LogP contribution >= 0.6 is 0 Å². The number of aryl methyl sites for hydroxylation is 1. The van der Waals surface area contributed by atoms with Crippen molar-refractivity contribution in [3.63, 3.8) is 0 Å². The summed E-state index contributed by atoms with van der Waals surface area (Å²) in [6.07, 6.45) is 0. The van der Waals surface area contributed by atoms with Crippen LogP contribution in [-0.2, 0) is 6.61 Å². The van der Waals surface area contributed by atoms with Crippen LogP contribution in [-0.4, -0.2) is 20.1 Å². The van der Waals surface area contributed by atoms with Crippen molar-refractivity contribution in [1.82, 2.24) is 0 Å². The summed E-state index contributed by atoms with van der Waals surface area (Å²) in [5.41, 5.74) is 3.08. The zero-order valence-electron chi connectivity index (χ0n) is 16.2. The van der Waals surface area contributed by atoms with Gasteiger partial charge >= 0.3 is 0 Å². The third-order valence-corrected chi connectivity index (χ3v) is 4.31. The summed E-state index contributed by atoms with van der Waals surface area (Å²) in [7, 11) is 3.16. The summed E-state index contributed by atoms with van der Waals surface area (Å²) in [5, 5.41) is 2.88. The van der Waals surface area contributed by atoms with E-state index in [4.69, 9.17) is 14.2 Å². The summed E-state index contributed by atoms with van der Waals surface area (Å²) in [5.74, 6) is 1.80. The van der Waals surface area contributed by atoms with Crippen LogP contribution in [0.1, 0.15) is 21.5 Å². The van der Waals surface area contributed by atoms with Gasteiger partial charge in [0.05, 0.1) is 19.9 Å². The number of anilines is 1. The third-order valence-electron chi connectivity index (χ3n) is 4.31. The molecule has 0 spiro atoms. The van der Waals surface area contributed by atoms with Gasteiger partial charge in [0.25, 0.3) is 5.91 Å². The van der Waals surface area contributed by atoms with Gasteiger partial charge in [0, 0.05) is 11.1 Å². The molecular formula is C23H23NO4. The smallest absolute Gasteiger partial charge is 0.255 e. The lowest BCUT2D eigenvalue weighted by Gasteiger charge is -2.13. The first kappa shape index (κ1) is 19.3. The Balaban J connectivity index is 1.77. The molecule has 3 aromatic carbocycles. The van der Waals surface area contributed by atoms with Gasteiger partial charge in [-0.2, -0.15) is 0 Å². The van der Waals surface area contributed by atoms with Gasteiger partial charge in [-0.15, -0.1) is 0 Å². The molecule has 0 unspecified atom stereocenters. The number of hydrogen-bond acceptors (Lipinski definition) is 4. The molecule has 0 aliphatic heterocycles. The standard InChI is InChI=1S/C23H23NO4/c1-16-8-11-19(12-9-16)28-15-18-14-17(10-13-21(18)26-2)23(25)24-20-6-4-5-7-22(20)27-3/h4-14H,15H2,1-3H3,(H,24,25). The monoisotopic (exact) mass is 377 g/mol. The fourth-order valence-electron chi connectivity index (χ4n) is 2.77. The normalized spacial score (nSPS) is 10.2. The molecule has 0 aliphatic carbocycles. The Morgan fingerprint density at radius 2 is 1.61 bits per heavy atom. The van der Waals surface area contributed by atoms with Gasteiger partial charge in [0.2, 0.25) is 0 Å². The highest BCUT2D eigenvalue weighted by molar-refractivity contribution is 6.05. The average molecular weight is 377 g/mol. The maximum absolute atomic E-state index is 12.7. The van der Waals surface area contributed by atoms with Gasteiger partial charge in [0.1, 0.15) is 23.9 Å². The number of para-hydroxylation sites is 2. The number of carbonyl (C=O) groups is 1. The van der Waals surface area contributed by atoms with Crippen molar-refractivity contribution in [1.29, 1.82) is 0 Å². The van der Waals surface area contributed by atoms with E-state index in [-0.39, 0.29) is 5.91 Å². The molecule has 0 saturated carbocycles. The maximum Gasteiger partial charge on any atom is 0.255 e. The third kappa shape index (κ3) is 4.62. The number of rotatable bonds is 7. The fourth-order valence-corrected chi connectivity index (χ4v) is 2.77. The van der Waals surface area contributed by atoms with Gasteiger partial charge < -0.3 is 19.5 Å². The summed E-state index contributed by atoms with van der Waals surface area (Å²) in [6.45, 7) is 2.32. The quantitative estimate of drug-likeness (QED) is 0.640. The van der Waals surface area contributed by atoms with Crippen LogP contribution in [0.5, 0.6) is 17.2 Å². The second-order valence-electron chi connectivity index (χ2n) is 6.28. The van der Waals surface area contributed by atoms with E-state index in [2.05, 4.69) is 5.32 Å². The molecular weight excluding hydrogens is 354 g/mol. The van der Waals surface area contributed by atoms with Crippen LogP contribution in [0.3, 0.4) is 0 Å². The van der Waals surface area contributed by atoms with Crippen molar-refractivity contribution >= 4 is 11.6 Å². The molecule has 0 aliphatic rings. The molecule has 28 heavy (non-hydrogen) atoms. The lowest BCUT2D eigenvalue weighted by molar-refractivity contribution is 0.102. The lowest BCUT2D eigenvalue weighted by Crippen LogP contribution is -2.13. The number of nitrogens with one attached hydrogen (secondary N) is 1. The first-order valence-electron chi connectivity index (χ1n) is 8.91. The Bertz CT molecular complexity index is 951. The van der Waals surface area contributed by atoms with Gasteiger partial charge in [-0.25, -0.2) is 0 Å². The van der Waals surface area contributed by atoms with Crippen LogP contribution in [0.25, 0.3) is 0 Å². The second-order valence-corrected chi connectivity index (χ2v) is 6.28. The molecule has 5 heteroatoms. The second kappa shape index (κ2) is 8.95. The maximum atomic E-state index is 12.7. The van der Waals surface area contributed by atoms with Crippen LogP contribution in [0.2, 0.25) is 0 Å². The minimum absolute atomic E-state index is 0.233. The van der Waals surface area contributed by atoms with E-state index in [9.17, 15) is 4.79 Å². The molecule has 3 rings (SSSR count). The predicted octanol–water partition coefficient (Wildman–Crippen LogP) is 4.84. The van der Waals surface area contributed by atoms with Crippen molar-refractivity contribution < 1.29 is 19.0 Å². The molecule has 144 valence electrons. The molecule has 1 N–H and O–H groups in total. The number of hydrogen-bond donors (Lipinski definition) is 1. The Morgan fingerprint density at radius 3 is 2.32 bits per heavy atom. The van der Waals surface area contributed by atoms with Crippen molar-refractivity contribution in [3.8, 4) is 17.2 Å². The van der Waals surface area contributed by atoms with Gasteiger partial charge in [0.15, 0.2) is 0 Å². The van der Waals surface area contributed by atoms with Crippen LogP contribution in [0.4, 0.5) is 5.69 Å². The Morgan fingerprint density at radius 1 is 0.893 bits per heavy atom. The minimum atomic E-state index is -0.233. The molecule has 5 nitrogen and oxygen atoms in total. The molecule has 3 aromatic rings. The molecule has 0 fully saturated rings. The van der Waals surface area contributed by atoms with E-state index in [1.807, 2.05) is 43.3 Å². The molecule has 0 atom stereocenters. The number of carbonyl (C=O) groups excluding carboxylic acids is 1. The molecule has 0 bridgehead atoms. The molecule has 0 saturated heterocycles. The number of methoxy groups -OCH3 is 2. The summed E-state index contributed by atoms with van der Waals surface area (Å²) in [6, 6.07) is 20.4. The highest BCUT2D eigenvalue weighted by atomic mass is 16.5. The van der Waals surface area contributed by atoms with E-state index in [1.165, 1.54) is 5.56 Å².